The summed E-state index contributed by atoms with van der Waals surface area (Å²) in [5.41, 5.74) is 1.06. The van der Waals surface area contributed by atoms with Crippen molar-refractivity contribution in [2.75, 3.05) is 13.2 Å². The van der Waals surface area contributed by atoms with E-state index in [4.69, 9.17) is 4.74 Å². The van der Waals surface area contributed by atoms with Crippen LogP contribution < -0.4 is 4.72 Å². The van der Waals surface area contributed by atoms with Crippen molar-refractivity contribution in [1.82, 2.24) is 4.72 Å². The van der Waals surface area contributed by atoms with Gasteiger partial charge in [-0.2, -0.15) is 0 Å². The van der Waals surface area contributed by atoms with Crippen molar-refractivity contribution in [3.05, 3.63) is 29.3 Å². The third-order valence-electron chi connectivity index (χ3n) is 3.64. The van der Waals surface area contributed by atoms with Gasteiger partial charge >= 0.3 is 0 Å². The Kier molecular flexibility index (Phi) is 4.49. The first-order valence-corrected chi connectivity index (χ1v) is 8.23. The summed E-state index contributed by atoms with van der Waals surface area (Å²) in [6, 6.07) is 4.88. The molecular formula is C14H21NO4S. The molecule has 0 amide bonds. The third-order valence-corrected chi connectivity index (χ3v) is 5.27. The van der Waals surface area contributed by atoms with Gasteiger partial charge in [0.15, 0.2) is 0 Å². The summed E-state index contributed by atoms with van der Waals surface area (Å²) in [6.07, 6.45) is 1.42. The van der Waals surface area contributed by atoms with Gasteiger partial charge < -0.3 is 9.84 Å². The van der Waals surface area contributed by atoms with Crippen LogP contribution in [0.3, 0.4) is 0 Å². The van der Waals surface area contributed by atoms with Crippen LogP contribution in [0.25, 0.3) is 0 Å². The molecule has 1 unspecified atom stereocenters. The van der Waals surface area contributed by atoms with Crippen LogP contribution in [0.15, 0.2) is 23.1 Å². The zero-order chi connectivity index (χ0) is 14.8. The fourth-order valence-electron chi connectivity index (χ4n) is 2.39. The Hall–Kier alpha value is -0.950. The van der Waals surface area contributed by atoms with Gasteiger partial charge in [0.2, 0.25) is 10.0 Å². The first-order valence-electron chi connectivity index (χ1n) is 6.74. The van der Waals surface area contributed by atoms with Crippen LogP contribution in [0.5, 0.6) is 0 Å². The lowest BCUT2D eigenvalue weighted by atomic mass is 10.0. The van der Waals surface area contributed by atoms with Crippen LogP contribution in [0.4, 0.5) is 0 Å². The summed E-state index contributed by atoms with van der Waals surface area (Å²) in [4.78, 5) is 0.187. The Morgan fingerprint density at radius 2 is 2.15 bits per heavy atom. The number of sulfonamides is 1. The van der Waals surface area contributed by atoms with Crippen molar-refractivity contribution in [3.8, 4) is 0 Å². The standard InChI is InChI=1S/C14H21NO4S/c1-3-11-4-5-13(8-12(11)9-16)20(17,18)15-14(2)6-7-19-10-14/h4-5,8,15-16H,3,6-7,9-10H2,1-2H3. The molecule has 112 valence electrons. The summed E-state index contributed by atoms with van der Waals surface area (Å²) in [6.45, 7) is 4.59. The fourth-order valence-corrected chi connectivity index (χ4v) is 3.86. The van der Waals surface area contributed by atoms with Gasteiger partial charge in [-0.05, 0) is 43.0 Å². The van der Waals surface area contributed by atoms with Crippen LogP contribution in [-0.2, 0) is 27.8 Å². The van der Waals surface area contributed by atoms with Crippen molar-refractivity contribution in [3.63, 3.8) is 0 Å². The lowest BCUT2D eigenvalue weighted by Crippen LogP contribution is -2.46. The van der Waals surface area contributed by atoms with Gasteiger partial charge in [-0.25, -0.2) is 13.1 Å². The van der Waals surface area contributed by atoms with Crippen LogP contribution in [-0.4, -0.2) is 32.3 Å². The lowest BCUT2D eigenvalue weighted by molar-refractivity contribution is 0.178. The molecule has 1 aliphatic heterocycles. The minimum atomic E-state index is -3.60. The van der Waals surface area contributed by atoms with Crippen molar-refractivity contribution in [1.29, 1.82) is 0 Å². The van der Waals surface area contributed by atoms with Crippen molar-refractivity contribution in [2.24, 2.45) is 0 Å². The minimum Gasteiger partial charge on any atom is -0.392 e. The second-order valence-electron chi connectivity index (χ2n) is 5.41. The highest BCUT2D eigenvalue weighted by molar-refractivity contribution is 7.89. The molecule has 2 rings (SSSR count). The summed E-state index contributed by atoms with van der Waals surface area (Å²) < 4.78 is 32.8. The Labute approximate surface area is 120 Å². The number of hydrogen-bond donors (Lipinski definition) is 2. The van der Waals surface area contributed by atoms with E-state index in [0.29, 0.717) is 25.2 Å². The van der Waals surface area contributed by atoms with E-state index in [0.717, 1.165) is 12.0 Å². The topological polar surface area (TPSA) is 75.6 Å². The zero-order valence-corrected chi connectivity index (χ0v) is 12.7. The number of aliphatic hydroxyl groups excluding tert-OH is 1. The van der Waals surface area contributed by atoms with Crippen molar-refractivity contribution in [2.45, 2.75) is 43.7 Å². The molecule has 20 heavy (non-hydrogen) atoms. The van der Waals surface area contributed by atoms with Gasteiger partial charge in [-0.15, -0.1) is 0 Å². The molecule has 0 aliphatic carbocycles. The monoisotopic (exact) mass is 299 g/mol. The summed E-state index contributed by atoms with van der Waals surface area (Å²) in [5.74, 6) is 0. The third kappa shape index (κ3) is 3.20. The number of rotatable bonds is 5. The van der Waals surface area contributed by atoms with E-state index in [1.165, 1.54) is 0 Å². The number of aryl methyl sites for hydroxylation is 1. The first-order chi connectivity index (χ1) is 9.40. The Morgan fingerprint density at radius 1 is 1.40 bits per heavy atom. The second kappa shape index (κ2) is 5.81. The molecule has 1 aliphatic rings. The molecule has 0 radical (unpaired) electrons. The summed E-state index contributed by atoms with van der Waals surface area (Å²) in [7, 11) is -3.60. The quantitative estimate of drug-likeness (QED) is 0.856. The Bertz CT molecular complexity index is 577. The molecule has 0 aromatic heterocycles. The molecule has 1 heterocycles. The molecule has 0 bridgehead atoms. The molecule has 6 heteroatoms. The van der Waals surface area contributed by atoms with Gasteiger partial charge in [0.25, 0.3) is 0 Å². The maximum atomic E-state index is 12.4. The average Bonchev–Trinajstić information content (AvgIpc) is 2.83. The van der Waals surface area contributed by atoms with E-state index >= 15 is 0 Å². The molecule has 1 aromatic carbocycles. The molecule has 1 saturated heterocycles. The van der Waals surface area contributed by atoms with Gasteiger partial charge in [0, 0.05) is 6.61 Å². The minimum absolute atomic E-state index is 0.160. The predicted molar refractivity (Wildman–Crippen MR) is 75.9 cm³/mol. The van der Waals surface area contributed by atoms with Gasteiger partial charge in [-0.3, -0.25) is 0 Å². The summed E-state index contributed by atoms with van der Waals surface area (Å²) in [5, 5.41) is 9.34. The maximum Gasteiger partial charge on any atom is 0.241 e. The number of ether oxygens (including phenoxy) is 1. The van der Waals surface area contributed by atoms with E-state index in [-0.39, 0.29) is 11.5 Å². The van der Waals surface area contributed by atoms with Crippen LogP contribution >= 0.6 is 0 Å². The normalized spacial score (nSPS) is 23.1. The fraction of sp³-hybridized carbons (Fsp3) is 0.571. The second-order valence-corrected chi connectivity index (χ2v) is 7.09. The first kappa shape index (κ1) is 15.4. The highest BCUT2D eigenvalue weighted by atomic mass is 32.2. The zero-order valence-electron chi connectivity index (χ0n) is 11.8. The van der Waals surface area contributed by atoms with Crippen LogP contribution in [0.1, 0.15) is 31.4 Å². The molecule has 1 atom stereocenters. The maximum absolute atomic E-state index is 12.4. The van der Waals surface area contributed by atoms with Crippen molar-refractivity contribution < 1.29 is 18.3 Å². The number of aliphatic hydroxyl groups is 1. The smallest absolute Gasteiger partial charge is 0.241 e. The highest BCUT2D eigenvalue weighted by Gasteiger charge is 2.34. The van der Waals surface area contributed by atoms with E-state index in [1.54, 1.807) is 18.2 Å². The van der Waals surface area contributed by atoms with E-state index in [2.05, 4.69) is 4.72 Å². The number of hydrogen-bond acceptors (Lipinski definition) is 4. The lowest BCUT2D eigenvalue weighted by Gasteiger charge is -2.23. The van der Waals surface area contributed by atoms with E-state index < -0.39 is 15.6 Å². The van der Waals surface area contributed by atoms with E-state index in [9.17, 15) is 13.5 Å². The van der Waals surface area contributed by atoms with Crippen LogP contribution in [0, 0.1) is 0 Å². The van der Waals surface area contributed by atoms with Gasteiger partial charge in [-0.1, -0.05) is 13.0 Å². The number of nitrogens with one attached hydrogen (secondary N) is 1. The molecular weight excluding hydrogens is 278 g/mol. The predicted octanol–water partition coefficient (Wildman–Crippen LogP) is 1.20. The SMILES string of the molecule is CCc1ccc(S(=O)(=O)NC2(C)CCOC2)cc1CO. The molecule has 1 aromatic rings. The Balaban J connectivity index is 2.29. The van der Waals surface area contributed by atoms with Crippen molar-refractivity contribution >= 4 is 10.0 Å². The van der Waals surface area contributed by atoms with E-state index in [1.807, 2.05) is 13.8 Å². The summed E-state index contributed by atoms with van der Waals surface area (Å²) >= 11 is 0. The molecule has 5 nitrogen and oxygen atoms in total. The molecule has 0 spiro atoms. The molecule has 2 N–H and O–H groups in total. The van der Waals surface area contributed by atoms with Gasteiger partial charge in [0.05, 0.1) is 23.6 Å². The molecule has 1 fully saturated rings. The van der Waals surface area contributed by atoms with Crippen LogP contribution in [0.2, 0.25) is 0 Å². The highest BCUT2D eigenvalue weighted by Crippen LogP contribution is 2.23. The Morgan fingerprint density at radius 3 is 2.70 bits per heavy atom. The van der Waals surface area contributed by atoms with Gasteiger partial charge in [0.1, 0.15) is 0 Å². The molecule has 0 saturated carbocycles. The largest absolute Gasteiger partial charge is 0.392 e. The number of benzene rings is 1. The average molecular weight is 299 g/mol.